The molecule has 0 saturated heterocycles. The summed E-state index contributed by atoms with van der Waals surface area (Å²) in [4.78, 5) is 22.9. The number of carbonyl (C=O) groups excluding carboxylic acids is 2. The Labute approximate surface area is 92.3 Å². The van der Waals surface area contributed by atoms with Crippen molar-refractivity contribution in [3.05, 3.63) is 21.9 Å². The first kappa shape index (κ1) is 11.7. The predicted octanol–water partition coefficient (Wildman–Crippen LogP) is 0.891. The van der Waals surface area contributed by atoms with Crippen LogP contribution < -0.4 is 11.5 Å². The molecule has 0 aliphatic heterocycles. The van der Waals surface area contributed by atoms with Crippen LogP contribution in [0.1, 0.15) is 29.2 Å². The van der Waals surface area contributed by atoms with Gasteiger partial charge in [0.1, 0.15) is 0 Å². The Balaban J connectivity index is 2.79. The van der Waals surface area contributed by atoms with E-state index in [-0.39, 0.29) is 6.42 Å². The highest BCUT2D eigenvalue weighted by molar-refractivity contribution is 7.10. The lowest BCUT2D eigenvalue weighted by molar-refractivity contribution is -0.120. The van der Waals surface area contributed by atoms with E-state index in [1.54, 1.807) is 11.3 Å². The van der Waals surface area contributed by atoms with Crippen molar-refractivity contribution in [2.45, 2.75) is 25.7 Å². The minimum absolute atomic E-state index is 0.183. The lowest BCUT2D eigenvalue weighted by Gasteiger charge is -2.11. The van der Waals surface area contributed by atoms with E-state index in [9.17, 15) is 9.59 Å². The SMILES string of the molecule is Cc1sccc1C(CCC(N)=O)C(N)=O. The molecule has 1 atom stereocenters. The molecule has 5 heteroatoms. The lowest BCUT2D eigenvalue weighted by Crippen LogP contribution is -2.23. The zero-order chi connectivity index (χ0) is 11.4. The summed E-state index contributed by atoms with van der Waals surface area (Å²) in [7, 11) is 0. The van der Waals surface area contributed by atoms with Gasteiger partial charge in [-0.25, -0.2) is 0 Å². The summed E-state index contributed by atoms with van der Waals surface area (Å²) >= 11 is 1.56. The molecule has 0 bridgehead atoms. The number of nitrogens with two attached hydrogens (primary N) is 2. The molecule has 0 spiro atoms. The molecule has 0 aliphatic rings. The molecule has 0 aliphatic carbocycles. The summed E-state index contributed by atoms with van der Waals surface area (Å²) in [6, 6.07) is 1.87. The van der Waals surface area contributed by atoms with E-state index in [0.717, 1.165) is 10.4 Å². The molecular weight excluding hydrogens is 212 g/mol. The lowest BCUT2D eigenvalue weighted by atomic mass is 9.94. The number of hydrogen-bond donors (Lipinski definition) is 2. The second-order valence-electron chi connectivity index (χ2n) is 3.39. The first-order valence-corrected chi connectivity index (χ1v) is 5.52. The summed E-state index contributed by atoms with van der Waals surface area (Å²) < 4.78 is 0. The third-order valence-corrected chi connectivity index (χ3v) is 3.16. The Morgan fingerprint density at radius 3 is 2.53 bits per heavy atom. The van der Waals surface area contributed by atoms with Crippen molar-refractivity contribution in [2.75, 3.05) is 0 Å². The number of aryl methyl sites for hydroxylation is 1. The van der Waals surface area contributed by atoms with Crippen LogP contribution in [0.4, 0.5) is 0 Å². The molecule has 1 aromatic rings. The second kappa shape index (κ2) is 4.93. The Morgan fingerprint density at radius 2 is 2.13 bits per heavy atom. The van der Waals surface area contributed by atoms with Crippen LogP contribution in [-0.2, 0) is 9.59 Å². The number of primary amides is 2. The van der Waals surface area contributed by atoms with Crippen molar-refractivity contribution < 1.29 is 9.59 Å². The van der Waals surface area contributed by atoms with Gasteiger partial charge in [0.05, 0.1) is 5.92 Å². The van der Waals surface area contributed by atoms with E-state index >= 15 is 0 Å². The molecule has 1 rings (SSSR count). The van der Waals surface area contributed by atoms with E-state index < -0.39 is 17.7 Å². The summed E-state index contributed by atoms with van der Waals surface area (Å²) in [5, 5.41) is 1.91. The minimum Gasteiger partial charge on any atom is -0.370 e. The summed E-state index contributed by atoms with van der Waals surface area (Å²) in [6.07, 6.45) is 0.575. The normalized spacial score (nSPS) is 12.3. The van der Waals surface area contributed by atoms with E-state index in [2.05, 4.69) is 0 Å². The van der Waals surface area contributed by atoms with Crippen LogP contribution in [0.25, 0.3) is 0 Å². The van der Waals surface area contributed by atoms with Gasteiger partial charge in [0, 0.05) is 11.3 Å². The maximum atomic E-state index is 11.2. The van der Waals surface area contributed by atoms with Crippen LogP contribution in [-0.4, -0.2) is 11.8 Å². The van der Waals surface area contributed by atoms with Crippen LogP contribution in [0.5, 0.6) is 0 Å². The van der Waals surface area contributed by atoms with Crippen molar-refractivity contribution >= 4 is 23.2 Å². The maximum absolute atomic E-state index is 11.2. The third kappa shape index (κ3) is 3.06. The molecule has 0 saturated carbocycles. The van der Waals surface area contributed by atoms with Crippen molar-refractivity contribution in [3.8, 4) is 0 Å². The van der Waals surface area contributed by atoms with Gasteiger partial charge in [0.2, 0.25) is 11.8 Å². The smallest absolute Gasteiger partial charge is 0.225 e. The summed E-state index contributed by atoms with van der Waals surface area (Å²) in [5.74, 6) is -1.21. The fourth-order valence-corrected chi connectivity index (χ4v) is 2.26. The average molecular weight is 226 g/mol. The van der Waals surface area contributed by atoms with Gasteiger partial charge < -0.3 is 11.5 Å². The number of rotatable bonds is 5. The van der Waals surface area contributed by atoms with E-state index in [1.165, 1.54) is 0 Å². The van der Waals surface area contributed by atoms with Gasteiger partial charge in [0.15, 0.2) is 0 Å². The fraction of sp³-hybridized carbons (Fsp3) is 0.400. The first-order valence-electron chi connectivity index (χ1n) is 4.64. The van der Waals surface area contributed by atoms with E-state index in [1.807, 2.05) is 18.4 Å². The maximum Gasteiger partial charge on any atom is 0.225 e. The van der Waals surface area contributed by atoms with Gasteiger partial charge in [-0.15, -0.1) is 11.3 Å². The summed E-state index contributed by atoms with van der Waals surface area (Å²) in [6.45, 7) is 1.93. The number of amides is 2. The van der Waals surface area contributed by atoms with Gasteiger partial charge in [-0.2, -0.15) is 0 Å². The molecule has 82 valence electrons. The van der Waals surface area contributed by atoms with E-state index in [4.69, 9.17) is 11.5 Å². The second-order valence-corrected chi connectivity index (χ2v) is 4.51. The quantitative estimate of drug-likeness (QED) is 0.781. The van der Waals surface area contributed by atoms with Crippen LogP contribution in [0.3, 0.4) is 0 Å². The van der Waals surface area contributed by atoms with Crippen LogP contribution in [0.15, 0.2) is 11.4 Å². The monoisotopic (exact) mass is 226 g/mol. The van der Waals surface area contributed by atoms with Crippen LogP contribution in [0, 0.1) is 6.92 Å². The van der Waals surface area contributed by atoms with Gasteiger partial charge >= 0.3 is 0 Å². The third-order valence-electron chi connectivity index (χ3n) is 2.30. The van der Waals surface area contributed by atoms with Crippen molar-refractivity contribution in [1.82, 2.24) is 0 Å². The molecular formula is C10H14N2O2S. The average Bonchev–Trinajstić information content (AvgIpc) is 2.51. The molecule has 1 aromatic heterocycles. The molecule has 4 nitrogen and oxygen atoms in total. The zero-order valence-electron chi connectivity index (χ0n) is 8.53. The topological polar surface area (TPSA) is 86.2 Å². The highest BCUT2D eigenvalue weighted by Crippen LogP contribution is 2.27. The predicted molar refractivity (Wildman–Crippen MR) is 59.4 cm³/mol. The Bertz CT molecular complexity index is 373. The number of hydrogen-bond acceptors (Lipinski definition) is 3. The molecule has 1 heterocycles. The van der Waals surface area contributed by atoms with Crippen molar-refractivity contribution in [2.24, 2.45) is 11.5 Å². The molecule has 0 radical (unpaired) electrons. The zero-order valence-corrected chi connectivity index (χ0v) is 9.34. The van der Waals surface area contributed by atoms with Gasteiger partial charge in [-0.3, -0.25) is 9.59 Å². The first-order chi connectivity index (χ1) is 7.02. The molecule has 15 heavy (non-hydrogen) atoms. The summed E-state index contributed by atoms with van der Waals surface area (Å²) in [5.41, 5.74) is 11.3. The van der Waals surface area contributed by atoms with Gasteiger partial charge in [-0.1, -0.05) is 0 Å². The standard InChI is InChI=1S/C10H14N2O2S/c1-6-7(4-5-15-6)8(10(12)14)2-3-9(11)13/h4-5,8H,2-3H2,1H3,(H2,11,13)(H2,12,14). The largest absolute Gasteiger partial charge is 0.370 e. The molecule has 4 N–H and O–H groups in total. The minimum atomic E-state index is -0.408. The van der Waals surface area contributed by atoms with Gasteiger partial charge in [-0.05, 0) is 30.4 Å². The number of thiophene rings is 1. The van der Waals surface area contributed by atoms with Crippen LogP contribution in [0.2, 0.25) is 0 Å². The number of carbonyl (C=O) groups is 2. The van der Waals surface area contributed by atoms with Crippen molar-refractivity contribution in [3.63, 3.8) is 0 Å². The van der Waals surface area contributed by atoms with Gasteiger partial charge in [0.25, 0.3) is 0 Å². The Hall–Kier alpha value is -1.36. The van der Waals surface area contributed by atoms with E-state index in [0.29, 0.717) is 6.42 Å². The fourth-order valence-electron chi connectivity index (χ4n) is 1.49. The Kier molecular flexibility index (Phi) is 3.85. The van der Waals surface area contributed by atoms with Crippen LogP contribution >= 0.6 is 11.3 Å². The molecule has 2 amide bonds. The highest BCUT2D eigenvalue weighted by atomic mass is 32.1. The Morgan fingerprint density at radius 1 is 1.47 bits per heavy atom. The molecule has 1 unspecified atom stereocenters. The highest BCUT2D eigenvalue weighted by Gasteiger charge is 2.20. The van der Waals surface area contributed by atoms with Crippen molar-refractivity contribution in [1.29, 1.82) is 0 Å². The molecule has 0 fully saturated rings. The molecule has 0 aromatic carbocycles.